The second-order valence-corrected chi connectivity index (χ2v) is 8.26. The maximum atomic E-state index is 14.2. The minimum Gasteiger partial charge on any atom is -0.457 e. The first-order valence-electron chi connectivity index (χ1n) is 8.02. The van der Waals surface area contributed by atoms with Gasteiger partial charge in [0.15, 0.2) is 0 Å². The smallest absolute Gasteiger partial charge is 0.457 e. The molecule has 30 heavy (non-hydrogen) atoms. The van der Waals surface area contributed by atoms with Crippen LogP contribution in [0.15, 0.2) is 53.2 Å². The number of alkyl halides is 5. The summed E-state index contributed by atoms with van der Waals surface area (Å²) in [6, 6.07) is 4.26. The Balaban J connectivity index is 2.59. The summed E-state index contributed by atoms with van der Waals surface area (Å²) in [5.41, 5.74) is -6.50. The summed E-state index contributed by atoms with van der Waals surface area (Å²) in [6.45, 7) is 3.32. The van der Waals surface area contributed by atoms with Crippen LogP contribution in [-0.2, 0) is 9.84 Å². The average molecular weight is 453 g/mol. The van der Waals surface area contributed by atoms with Crippen LogP contribution in [0.4, 0.5) is 26.3 Å². The Bertz CT molecular complexity index is 1070. The summed E-state index contributed by atoms with van der Waals surface area (Å²) in [7, 11) is -6.03. The number of allylic oxidation sites excluding steroid dienone is 3. The lowest BCUT2D eigenvalue weighted by molar-refractivity contribution is -0.105. The van der Waals surface area contributed by atoms with Crippen molar-refractivity contribution in [3.63, 3.8) is 0 Å². The molecule has 1 aromatic carbocycles. The first kappa shape index (κ1) is 23.5. The van der Waals surface area contributed by atoms with Crippen LogP contribution in [0.25, 0.3) is 0 Å². The molecule has 1 N–H and O–H groups in total. The summed E-state index contributed by atoms with van der Waals surface area (Å²) < 4.78 is 109. The number of nitrogens with zero attached hydrogens (tertiary/aromatic N) is 1. The number of hydrogen-bond acceptors (Lipinski definition) is 5. The molecule has 0 unspecified atom stereocenters. The SMILES string of the molecule is C=C1CC(F)(F)[C@@H](O)C/C(S(=O)(=O)C(F)(F)F)=C\C=C1Oc1cc(F)cc(C#N)c1. The quantitative estimate of drug-likeness (QED) is 0.696. The molecule has 12 heteroatoms. The number of halogens is 6. The van der Waals surface area contributed by atoms with E-state index in [1.165, 1.54) is 0 Å². The maximum absolute atomic E-state index is 14.2. The third kappa shape index (κ3) is 5.03. The van der Waals surface area contributed by atoms with Crippen molar-refractivity contribution < 1.29 is 44.6 Å². The number of hydrogen-bond donors (Lipinski definition) is 1. The average Bonchev–Trinajstić information content (AvgIpc) is 2.64. The van der Waals surface area contributed by atoms with Crippen LogP contribution in [0.2, 0.25) is 0 Å². The molecule has 1 atom stereocenters. The molecule has 0 aliphatic heterocycles. The molecule has 0 spiro atoms. The van der Waals surface area contributed by atoms with Gasteiger partial charge in [-0.3, -0.25) is 0 Å². The largest absolute Gasteiger partial charge is 0.501 e. The highest BCUT2D eigenvalue weighted by Crippen LogP contribution is 2.38. The summed E-state index contributed by atoms with van der Waals surface area (Å²) in [4.78, 5) is -1.52. The Kier molecular flexibility index (Phi) is 6.39. The number of benzene rings is 1. The topological polar surface area (TPSA) is 87.4 Å². The number of aliphatic hydroxyl groups is 1. The van der Waals surface area contributed by atoms with Crippen molar-refractivity contribution in [2.75, 3.05) is 0 Å². The summed E-state index contributed by atoms with van der Waals surface area (Å²) in [5.74, 6) is -5.94. The Hall–Kier alpha value is -2.78. The lowest BCUT2D eigenvalue weighted by Crippen LogP contribution is -2.36. The van der Waals surface area contributed by atoms with Crippen LogP contribution in [0, 0.1) is 17.1 Å². The number of sulfone groups is 1. The van der Waals surface area contributed by atoms with Gasteiger partial charge in [-0.1, -0.05) is 6.58 Å². The standard InChI is InChI=1S/C18H13F6NO4S/c1-10-8-17(20,21)16(26)7-14(30(27,28)18(22,23)24)2-3-15(10)29-13-5-11(9-25)4-12(19)6-13/h2-6,16,26H,1,7-8H2/b14-2+,15-3?/t16-/m0/s1. The molecule has 5 nitrogen and oxygen atoms in total. The zero-order chi connectivity index (χ0) is 22.9. The predicted molar refractivity (Wildman–Crippen MR) is 92.2 cm³/mol. The van der Waals surface area contributed by atoms with Crippen molar-refractivity contribution in [2.45, 2.75) is 30.4 Å². The third-order valence-corrected chi connectivity index (χ3v) is 5.58. The summed E-state index contributed by atoms with van der Waals surface area (Å²) >= 11 is 0. The molecule has 162 valence electrons. The third-order valence-electron chi connectivity index (χ3n) is 3.98. The van der Waals surface area contributed by atoms with Gasteiger partial charge >= 0.3 is 5.51 Å². The van der Waals surface area contributed by atoms with Gasteiger partial charge in [0.05, 0.1) is 16.5 Å². The van der Waals surface area contributed by atoms with Crippen LogP contribution >= 0.6 is 0 Å². The monoisotopic (exact) mass is 453 g/mol. The number of rotatable bonds is 3. The van der Waals surface area contributed by atoms with E-state index in [-0.39, 0.29) is 11.3 Å². The fraction of sp³-hybridized carbons (Fsp3) is 0.278. The molecule has 0 aromatic heterocycles. The van der Waals surface area contributed by atoms with E-state index in [1.54, 1.807) is 6.07 Å². The van der Waals surface area contributed by atoms with Gasteiger partial charge in [0, 0.05) is 18.9 Å². The van der Waals surface area contributed by atoms with Gasteiger partial charge < -0.3 is 9.84 Å². The van der Waals surface area contributed by atoms with E-state index < -0.39 is 62.3 Å². The van der Waals surface area contributed by atoms with Crippen LogP contribution < -0.4 is 4.74 Å². The maximum Gasteiger partial charge on any atom is 0.501 e. The van der Waals surface area contributed by atoms with Crippen LogP contribution in [-0.4, -0.2) is 31.1 Å². The molecule has 0 saturated heterocycles. The predicted octanol–water partition coefficient (Wildman–Crippen LogP) is 4.12. The van der Waals surface area contributed by atoms with Crippen molar-refractivity contribution in [1.29, 1.82) is 5.26 Å². The molecule has 2 rings (SSSR count). The molecule has 1 aliphatic rings. The Morgan fingerprint density at radius 2 is 1.87 bits per heavy atom. The van der Waals surface area contributed by atoms with Crippen molar-refractivity contribution >= 4 is 9.84 Å². The molecule has 0 heterocycles. The minimum atomic E-state index is -6.03. The van der Waals surface area contributed by atoms with Gasteiger partial charge in [0.25, 0.3) is 15.8 Å². The molecule has 0 amide bonds. The summed E-state index contributed by atoms with van der Waals surface area (Å²) in [5, 5.41) is 18.5. The van der Waals surface area contributed by atoms with Crippen molar-refractivity contribution in [3.05, 3.63) is 64.5 Å². The second-order valence-electron chi connectivity index (χ2n) is 6.26. The van der Waals surface area contributed by atoms with Crippen LogP contribution in [0.1, 0.15) is 18.4 Å². The van der Waals surface area contributed by atoms with Crippen molar-refractivity contribution in [3.8, 4) is 11.8 Å². The van der Waals surface area contributed by atoms with Crippen LogP contribution in [0.5, 0.6) is 5.75 Å². The fourth-order valence-electron chi connectivity index (χ4n) is 2.45. The van der Waals surface area contributed by atoms with E-state index in [4.69, 9.17) is 10.00 Å². The van der Waals surface area contributed by atoms with Gasteiger partial charge in [0.1, 0.15) is 23.4 Å². The van der Waals surface area contributed by atoms with E-state index in [0.29, 0.717) is 12.2 Å². The van der Waals surface area contributed by atoms with E-state index in [2.05, 4.69) is 6.58 Å². The number of nitriles is 1. The lowest BCUT2D eigenvalue weighted by Gasteiger charge is -2.24. The lowest BCUT2D eigenvalue weighted by atomic mass is 10.0. The molecule has 0 saturated carbocycles. The van der Waals surface area contributed by atoms with Crippen molar-refractivity contribution in [1.82, 2.24) is 0 Å². The Labute approximate surface area is 167 Å². The minimum absolute atomic E-state index is 0.198. The molecule has 1 aliphatic carbocycles. The molecule has 0 fully saturated rings. The van der Waals surface area contributed by atoms with Gasteiger partial charge in [-0.2, -0.15) is 18.4 Å². The molecular formula is C18H13F6NO4S. The highest BCUT2D eigenvalue weighted by Gasteiger charge is 2.50. The number of aliphatic hydroxyl groups excluding tert-OH is 1. The van der Waals surface area contributed by atoms with Gasteiger partial charge in [-0.25, -0.2) is 21.6 Å². The van der Waals surface area contributed by atoms with E-state index in [9.17, 15) is 39.9 Å². The zero-order valence-corrected chi connectivity index (χ0v) is 15.7. The van der Waals surface area contributed by atoms with Gasteiger partial charge in [-0.05, 0) is 29.9 Å². The van der Waals surface area contributed by atoms with E-state index >= 15 is 0 Å². The Morgan fingerprint density at radius 1 is 1.23 bits per heavy atom. The fourth-order valence-corrected chi connectivity index (χ4v) is 3.37. The normalized spacial score (nSPS) is 21.9. The first-order chi connectivity index (χ1) is 13.7. The molecule has 0 radical (unpaired) electrons. The second kappa shape index (κ2) is 8.16. The highest BCUT2D eigenvalue weighted by molar-refractivity contribution is 7.96. The van der Waals surface area contributed by atoms with E-state index in [0.717, 1.165) is 18.2 Å². The van der Waals surface area contributed by atoms with E-state index in [1.807, 2.05) is 0 Å². The van der Waals surface area contributed by atoms with Crippen molar-refractivity contribution in [2.24, 2.45) is 0 Å². The first-order valence-corrected chi connectivity index (χ1v) is 9.50. The Morgan fingerprint density at radius 3 is 2.43 bits per heavy atom. The van der Waals surface area contributed by atoms with Gasteiger partial charge in [-0.15, -0.1) is 0 Å². The summed E-state index contributed by atoms with van der Waals surface area (Å²) in [6.07, 6.45) is -4.55. The highest BCUT2D eigenvalue weighted by atomic mass is 32.2. The van der Waals surface area contributed by atoms with Gasteiger partial charge in [0.2, 0.25) is 0 Å². The van der Waals surface area contributed by atoms with Crippen LogP contribution in [0.3, 0.4) is 0 Å². The molecule has 1 aromatic rings. The number of ether oxygens (including phenoxy) is 1. The molecular weight excluding hydrogens is 440 g/mol. The zero-order valence-electron chi connectivity index (χ0n) is 14.9. The molecule has 0 bridgehead atoms.